The maximum absolute atomic E-state index is 12.7. The summed E-state index contributed by atoms with van der Waals surface area (Å²) in [5.41, 5.74) is 2.91. The molecule has 1 unspecified atom stereocenters. The lowest BCUT2D eigenvalue weighted by Gasteiger charge is -2.25. The van der Waals surface area contributed by atoms with Gasteiger partial charge in [0.1, 0.15) is 17.0 Å². The van der Waals surface area contributed by atoms with Crippen LogP contribution >= 0.6 is 22.7 Å². The summed E-state index contributed by atoms with van der Waals surface area (Å²) in [6.45, 7) is 0.328. The summed E-state index contributed by atoms with van der Waals surface area (Å²) < 4.78 is 0.894. The predicted octanol–water partition coefficient (Wildman–Crippen LogP) is 3.53. The summed E-state index contributed by atoms with van der Waals surface area (Å²) in [7, 11) is 1.76. The van der Waals surface area contributed by atoms with Crippen LogP contribution in [0.5, 0.6) is 0 Å². The van der Waals surface area contributed by atoms with Crippen molar-refractivity contribution in [2.24, 2.45) is 5.92 Å². The fourth-order valence-corrected chi connectivity index (χ4v) is 6.14. The van der Waals surface area contributed by atoms with Crippen molar-refractivity contribution in [3.63, 3.8) is 0 Å². The molecule has 7 nitrogen and oxygen atoms in total. The predicted molar refractivity (Wildman–Crippen MR) is 125 cm³/mol. The van der Waals surface area contributed by atoms with Gasteiger partial charge in [-0.3, -0.25) is 9.59 Å². The molecule has 0 bridgehead atoms. The average molecular weight is 450 g/mol. The van der Waals surface area contributed by atoms with Gasteiger partial charge in [-0.15, -0.1) is 17.8 Å². The second-order valence-electron chi connectivity index (χ2n) is 7.59. The molecular formula is C22H19N5O2S2. The summed E-state index contributed by atoms with van der Waals surface area (Å²) in [5.74, 6) is 3.33. The Morgan fingerprint density at radius 3 is 3.10 bits per heavy atom. The van der Waals surface area contributed by atoms with Gasteiger partial charge in [0, 0.05) is 23.5 Å². The second-order valence-corrected chi connectivity index (χ2v) is 9.69. The maximum Gasteiger partial charge on any atom is 0.305 e. The number of hydrogen-bond donors (Lipinski definition) is 2. The normalized spacial score (nSPS) is 15.5. The number of anilines is 2. The van der Waals surface area contributed by atoms with E-state index in [1.165, 1.54) is 21.8 Å². The third-order valence-corrected chi connectivity index (χ3v) is 7.59. The maximum atomic E-state index is 12.7. The molecule has 3 aromatic heterocycles. The SMILES string of the molecule is C#CCN(C)C(=O)C1CCc2c(sc3ncnc(Nc4ccc5[nH]c(=O)sc5c4)c23)C1. The van der Waals surface area contributed by atoms with Crippen LogP contribution in [0.25, 0.3) is 20.4 Å². The van der Waals surface area contributed by atoms with Crippen LogP contribution in [-0.2, 0) is 17.6 Å². The first-order valence-electron chi connectivity index (χ1n) is 9.87. The summed E-state index contributed by atoms with van der Waals surface area (Å²) in [6, 6.07) is 5.76. The van der Waals surface area contributed by atoms with Crippen molar-refractivity contribution in [3.05, 3.63) is 44.6 Å². The zero-order chi connectivity index (χ0) is 21.5. The van der Waals surface area contributed by atoms with Crippen molar-refractivity contribution in [3.8, 4) is 12.3 Å². The zero-order valence-corrected chi connectivity index (χ0v) is 18.4. The van der Waals surface area contributed by atoms with Crippen molar-refractivity contribution >= 4 is 60.5 Å². The van der Waals surface area contributed by atoms with Gasteiger partial charge in [0.2, 0.25) is 5.91 Å². The van der Waals surface area contributed by atoms with Gasteiger partial charge >= 0.3 is 4.87 Å². The van der Waals surface area contributed by atoms with E-state index in [2.05, 4.69) is 26.2 Å². The Morgan fingerprint density at radius 1 is 1.39 bits per heavy atom. The Hall–Kier alpha value is -3.22. The second kappa shape index (κ2) is 7.80. The highest BCUT2D eigenvalue weighted by Gasteiger charge is 2.30. The Kier molecular flexibility index (Phi) is 4.96. The molecule has 5 rings (SSSR count). The number of nitrogens with one attached hydrogen (secondary N) is 2. The van der Waals surface area contributed by atoms with Gasteiger partial charge in [-0.05, 0) is 43.0 Å². The number of amides is 1. The number of benzene rings is 1. The number of rotatable bonds is 4. The van der Waals surface area contributed by atoms with E-state index in [9.17, 15) is 9.59 Å². The first-order chi connectivity index (χ1) is 15.0. The van der Waals surface area contributed by atoms with Gasteiger partial charge in [-0.2, -0.15) is 0 Å². The number of aryl methyl sites for hydroxylation is 1. The molecule has 3 heterocycles. The van der Waals surface area contributed by atoms with E-state index in [1.807, 2.05) is 18.2 Å². The molecule has 1 amide bonds. The number of terminal acetylenes is 1. The number of aromatic nitrogens is 3. The van der Waals surface area contributed by atoms with E-state index in [4.69, 9.17) is 6.42 Å². The minimum atomic E-state index is -0.0690. The van der Waals surface area contributed by atoms with Crippen LogP contribution in [0.2, 0.25) is 0 Å². The number of thiazole rings is 1. The minimum Gasteiger partial charge on any atom is -0.340 e. The van der Waals surface area contributed by atoms with Crippen molar-refractivity contribution in [1.29, 1.82) is 0 Å². The summed E-state index contributed by atoms with van der Waals surface area (Å²) in [6.07, 6.45) is 9.20. The Balaban J connectivity index is 1.47. The number of aromatic amines is 1. The molecule has 0 radical (unpaired) electrons. The topological polar surface area (TPSA) is 91.0 Å². The summed E-state index contributed by atoms with van der Waals surface area (Å²) in [4.78, 5) is 39.8. The lowest BCUT2D eigenvalue weighted by Crippen LogP contribution is -2.35. The fraction of sp³-hybridized carbons (Fsp3) is 0.273. The van der Waals surface area contributed by atoms with E-state index < -0.39 is 0 Å². The minimum absolute atomic E-state index is 0.0537. The number of carbonyl (C=O) groups is 1. The quantitative estimate of drug-likeness (QED) is 0.465. The fourth-order valence-electron chi connectivity index (χ4n) is 4.10. The van der Waals surface area contributed by atoms with Gasteiger partial charge < -0.3 is 15.2 Å². The van der Waals surface area contributed by atoms with Gasteiger partial charge in [0.15, 0.2) is 0 Å². The third-order valence-electron chi connectivity index (χ3n) is 5.58. The van der Waals surface area contributed by atoms with E-state index in [0.29, 0.717) is 13.0 Å². The number of H-pyrrole nitrogens is 1. The van der Waals surface area contributed by atoms with Gasteiger partial charge in [0.25, 0.3) is 0 Å². The molecule has 31 heavy (non-hydrogen) atoms. The number of fused-ring (bicyclic) bond motifs is 4. The van der Waals surface area contributed by atoms with Gasteiger partial charge in [0.05, 0.1) is 22.1 Å². The van der Waals surface area contributed by atoms with Crippen LogP contribution in [0.4, 0.5) is 11.5 Å². The molecule has 1 aromatic carbocycles. The Bertz CT molecular complexity index is 1410. The van der Waals surface area contributed by atoms with E-state index >= 15 is 0 Å². The molecule has 0 saturated heterocycles. The number of thiophene rings is 1. The molecular weight excluding hydrogens is 430 g/mol. The van der Waals surface area contributed by atoms with Crippen LogP contribution in [0.3, 0.4) is 0 Å². The lowest BCUT2D eigenvalue weighted by atomic mass is 9.87. The van der Waals surface area contributed by atoms with Crippen LogP contribution in [0.15, 0.2) is 29.3 Å². The largest absolute Gasteiger partial charge is 0.340 e. The molecule has 4 aromatic rings. The molecule has 156 valence electrons. The molecule has 0 aliphatic heterocycles. The van der Waals surface area contributed by atoms with Crippen LogP contribution in [-0.4, -0.2) is 39.4 Å². The Morgan fingerprint density at radius 2 is 2.26 bits per heavy atom. The molecule has 0 fully saturated rings. The zero-order valence-electron chi connectivity index (χ0n) is 16.8. The van der Waals surface area contributed by atoms with E-state index in [1.54, 1.807) is 29.6 Å². The first-order valence-corrected chi connectivity index (χ1v) is 11.5. The van der Waals surface area contributed by atoms with Crippen molar-refractivity contribution in [2.45, 2.75) is 19.3 Å². The number of nitrogens with zero attached hydrogens (tertiary/aromatic N) is 3. The van der Waals surface area contributed by atoms with Crippen molar-refractivity contribution in [1.82, 2.24) is 19.9 Å². The lowest BCUT2D eigenvalue weighted by molar-refractivity contribution is -0.133. The molecule has 9 heteroatoms. The third kappa shape index (κ3) is 3.58. The summed E-state index contributed by atoms with van der Waals surface area (Å²) >= 11 is 2.81. The van der Waals surface area contributed by atoms with E-state index in [0.717, 1.165) is 44.8 Å². The van der Waals surface area contributed by atoms with Gasteiger partial charge in [-0.25, -0.2) is 9.97 Å². The van der Waals surface area contributed by atoms with Crippen LogP contribution < -0.4 is 10.2 Å². The van der Waals surface area contributed by atoms with Gasteiger partial charge in [-0.1, -0.05) is 17.3 Å². The highest BCUT2D eigenvalue weighted by atomic mass is 32.1. The first kappa shape index (κ1) is 19.7. The molecule has 0 saturated carbocycles. The van der Waals surface area contributed by atoms with Crippen molar-refractivity contribution < 1.29 is 4.79 Å². The number of carbonyl (C=O) groups excluding carboxylic acids is 1. The molecule has 0 spiro atoms. The average Bonchev–Trinajstić information content (AvgIpc) is 3.32. The van der Waals surface area contributed by atoms with Crippen molar-refractivity contribution in [2.75, 3.05) is 18.9 Å². The smallest absolute Gasteiger partial charge is 0.305 e. The molecule has 2 N–H and O–H groups in total. The standard InChI is InChI=1S/C22H19N5O2S2/c1-3-8-27(2)21(28)12-4-6-14-16(9-12)30-20-18(14)19(23-11-24-20)25-13-5-7-15-17(10-13)31-22(29)26-15/h1,5,7,10-12H,4,6,8-9H2,2H3,(H,26,29)(H,23,24,25). The molecule has 1 aliphatic rings. The Labute approximate surface area is 186 Å². The highest BCUT2D eigenvalue weighted by molar-refractivity contribution is 7.19. The molecule has 1 atom stereocenters. The highest BCUT2D eigenvalue weighted by Crippen LogP contribution is 2.40. The number of hydrogen-bond acceptors (Lipinski definition) is 7. The van der Waals surface area contributed by atoms with Crippen LogP contribution in [0.1, 0.15) is 16.9 Å². The monoisotopic (exact) mass is 449 g/mol. The molecule has 1 aliphatic carbocycles. The van der Waals surface area contributed by atoms with E-state index in [-0.39, 0.29) is 16.7 Å². The van der Waals surface area contributed by atoms with Crippen LogP contribution in [0, 0.1) is 18.3 Å². The summed E-state index contributed by atoms with van der Waals surface area (Å²) in [5, 5.41) is 4.42.